The average Bonchev–Trinajstić information content (AvgIpc) is 3.16. The molecule has 0 bridgehead atoms. The summed E-state index contributed by atoms with van der Waals surface area (Å²) in [5.74, 6) is -1.04. The van der Waals surface area contributed by atoms with Crippen molar-refractivity contribution in [2.75, 3.05) is 6.54 Å². The van der Waals surface area contributed by atoms with Crippen LogP contribution in [0.15, 0.2) is 23.1 Å². The minimum atomic E-state index is -3.83. The van der Waals surface area contributed by atoms with Gasteiger partial charge in [-0.25, -0.2) is 8.42 Å². The molecule has 0 atom stereocenters. The van der Waals surface area contributed by atoms with Gasteiger partial charge in [0.2, 0.25) is 10.0 Å². The first kappa shape index (κ1) is 15.6. The first-order valence-electron chi connectivity index (χ1n) is 6.01. The fraction of sp³-hybridized carbons (Fsp3) is 0.417. The maximum atomic E-state index is 12.6. The Morgan fingerprint density at radius 3 is 2.55 bits per heavy atom. The summed E-state index contributed by atoms with van der Waals surface area (Å²) in [7, 11) is -3.83. The van der Waals surface area contributed by atoms with Gasteiger partial charge in [0.25, 0.3) is 0 Å². The van der Waals surface area contributed by atoms with E-state index in [1.54, 1.807) is 0 Å². The van der Waals surface area contributed by atoms with Crippen LogP contribution in [0.2, 0.25) is 10.0 Å². The van der Waals surface area contributed by atoms with Gasteiger partial charge < -0.3 is 5.11 Å². The van der Waals surface area contributed by atoms with E-state index in [0.29, 0.717) is 0 Å². The van der Waals surface area contributed by atoms with Crippen molar-refractivity contribution in [2.24, 2.45) is 0 Å². The maximum absolute atomic E-state index is 12.6. The molecule has 1 aliphatic rings. The number of carbonyl (C=O) groups is 1. The first-order valence-corrected chi connectivity index (χ1v) is 8.21. The predicted molar refractivity (Wildman–Crippen MR) is 75.6 cm³/mol. The summed E-state index contributed by atoms with van der Waals surface area (Å²) >= 11 is 11.8. The molecule has 0 amide bonds. The molecule has 1 N–H and O–H groups in total. The largest absolute Gasteiger partial charge is 0.481 e. The smallest absolute Gasteiger partial charge is 0.304 e. The summed E-state index contributed by atoms with van der Waals surface area (Å²) in [6.07, 6.45) is 1.22. The number of benzene rings is 1. The molecule has 0 aromatic heterocycles. The highest BCUT2D eigenvalue weighted by Crippen LogP contribution is 2.36. The number of carboxylic acids is 1. The van der Waals surface area contributed by atoms with E-state index in [0.717, 1.165) is 12.8 Å². The van der Waals surface area contributed by atoms with Gasteiger partial charge in [0.15, 0.2) is 0 Å². The van der Waals surface area contributed by atoms with Gasteiger partial charge >= 0.3 is 5.97 Å². The van der Waals surface area contributed by atoms with Crippen LogP contribution < -0.4 is 0 Å². The zero-order valence-electron chi connectivity index (χ0n) is 10.4. The van der Waals surface area contributed by atoms with Crippen molar-refractivity contribution in [2.45, 2.75) is 30.2 Å². The van der Waals surface area contributed by atoms with Gasteiger partial charge in [-0.2, -0.15) is 4.31 Å². The van der Waals surface area contributed by atoms with Gasteiger partial charge in [-0.15, -0.1) is 0 Å². The van der Waals surface area contributed by atoms with Crippen LogP contribution in [0.1, 0.15) is 19.3 Å². The van der Waals surface area contributed by atoms with Crippen molar-refractivity contribution >= 4 is 39.2 Å². The van der Waals surface area contributed by atoms with Gasteiger partial charge in [0.05, 0.1) is 16.5 Å². The zero-order valence-corrected chi connectivity index (χ0v) is 12.7. The van der Waals surface area contributed by atoms with E-state index in [4.69, 9.17) is 28.3 Å². The number of halogens is 2. The molecule has 1 aliphatic carbocycles. The summed E-state index contributed by atoms with van der Waals surface area (Å²) in [6, 6.07) is 4.24. The first-order chi connectivity index (χ1) is 9.34. The molecule has 1 aromatic carbocycles. The molecule has 0 heterocycles. The van der Waals surface area contributed by atoms with Crippen LogP contribution in [-0.2, 0) is 14.8 Å². The monoisotopic (exact) mass is 337 g/mol. The molecule has 110 valence electrons. The molecule has 20 heavy (non-hydrogen) atoms. The fourth-order valence-corrected chi connectivity index (χ4v) is 4.30. The standard InChI is InChI=1S/C12H13Cl2NO4S/c13-9-2-1-3-10(12(9)14)20(18,19)15(8-4-5-8)7-6-11(16)17/h1-3,8H,4-7H2,(H,16,17). The predicted octanol–water partition coefficient (Wildman–Crippen LogP) is 2.62. The molecule has 0 spiro atoms. The lowest BCUT2D eigenvalue weighted by molar-refractivity contribution is -0.137. The van der Waals surface area contributed by atoms with E-state index >= 15 is 0 Å². The number of carboxylic acid groups (broad SMARTS) is 1. The van der Waals surface area contributed by atoms with Crippen molar-refractivity contribution in [3.63, 3.8) is 0 Å². The molecule has 1 saturated carbocycles. The Balaban J connectivity index is 2.35. The highest BCUT2D eigenvalue weighted by molar-refractivity contribution is 7.89. The lowest BCUT2D eigenvalue weighted by Crippen LogP contribution is -2.35. The quantitative estimate of drug-likeness (QED) is 0.865. The number of nitrogens with zero attached hydrogens (tertiary/aromatic N) is 1. The Kier molecular flexibility index (Phi) is 4.59. The van der Waals surface area contributed by atoms with E-state index < -0.39 is 16.0 Å². The molecule has 1 aromatic rings. The molecule has 8 heteroatoms. The third-order valence-electron chi connectivity index (χ3n) is 3.00. The number of hydrogen-bond acceptors (Lipinski definition) is 3. The van der Waals surface area contributed by atoms with Gasteiger partial charge in [-0.1, -0.05) is 29.3 Å². The summed E-state index contributed by atoms with van der Waals surface area (Å²) < 4.78 is 26.4. The number of rotatable bonds is 6. The van der Waals surface area contributed by atoms with Crippen LogP contribution in [-0.4, -0.2) is 36.4 Å². The second-order valence-electron chi connectivity index (χ2n) is 4.54. The van der Waals surface area contributed by atoms with Crippen molar-refractivity contribution in [3.8, 4) is 0 Å². The Hall–Kier alpha value is -0.820. The van der Waals surface area contributed by atoms with E-state index in [-0.39, 0.29) is 33.9 Å². The second-order valence-corrected chi connectivity index (χ2v) is 7.19. The zero-order chi connectivity index (χ0) is 14.9. The minimum Gasteiger partial charge on any atom is -0.481 e. The van der Waals surface area contributed by atoms with Crippen LogP contribution in [0.5, 0.6) is 0 Å². The highest BCUT2D eigenvalue weighted by atomic mass is 35.5. The van der Waals surface area contributed by atoms with Crippen LogP contribution >= 0.6 is 23.2 Å². The molecule has 0 unspecified atom stereocenters. The molecule has 0 aliphatic heterocycles. The molecule has 5 nitrogen and oxygen atoms in total. The van der Waals surface area contributed by atoms with E-state index in [9.17, 15) is 13.2 Å². The van der Waals surface area contributed by atoms with Crippen LogP contribution in [0.3, 0.4) is 0 Å². The fourth-order valence-electron chi connectivity index (χ4n) is 1.88. The SMILES string of the molecule is O=C(O)CCN(C1CC1)S(=O)(=O)c1cccc(Cl)c1Cl. The number of hydrogen-bond donors (Lipinski definition) is 1. The maximum Gasteiger partial charge on any atom is 0.304 e. The van der Waals surface area contributed by atoms with E-state index in [2.05, 4.69) is 0 Å². The summed E-state index contributed by atoms with van der Waals surface area (Å²) in [5.41, 5.74) is 0. The third-order valence-corrected chi connectivity index (χ3v) is 5.93. The van der Waals surface area contributed by atoms with Crippen molar-refractivity contribution in [1.29, 1.82) is 0 Å². The highest BCUT2D eigenvalue weighted by Gasteiger charge is 2.39. The summed E-state index contributed by atoms with van der Waals surface area (Å²) in [4.78, 5) is 10.6. The Morgan fingerprint density at radius 1 is 1.35 bits per heavy atom. The van der Waals surface area contributed by atoms with Crippen molar-refractivity contribution in [1.82, 2.24) is 4.31 Å². The lowest BCUT2D eigenvalue weighted by Gasteiger charge is -2.21. The second kappa shape index (κ2) is 5.89. The number of aliphatic carboxylic acids is 1. The Labute approximate surface area is 127 Å². The van der Waals surface area contributed by atoms with E-state index in [1.165, 1.54) is 22.5 Å². The molecule has 1 fully saturated rings. The molecular weight excluding hydrogens is 325 g/mol. The van der Waals surface area contributed by atoms with Gasteiger partial charge in [0, 0.05) is 12.6 Å². The van der Waals surface area contributed by atoms with Gasteiger partial charge in [0.1, 0.15) is 4.90 Å². The Morgan fingerprint density at radius 2 is 2.00 bits per heavy atom. The number of sulfonamides is 1. The van der Waals surface area contributed by atoms with Crippen LogP contribution in [0.4, 0.5) is 0 Å². The lowest BCUT2D eigenvalue weighted by atomic mass is 10.4. The summed E-state index contributed by atoms with van der Waals surface area (Å²) in [6.45, 7) is -0.0643. The third kappa shape index (κ3) is 3.25. The van der Waals surface area contributed by atoms with Gasteiger partial charge in [-0.05, 0) is 25.0 Å². The van der Waals surface area contributed by atoms with Crippen molar-refractivity contribution in [3.05, 3.63) is 28.2 Å². The van der Waals surface area contributed by atoms with E-state index in [1.807, 2.05) is 0 Å². The molecule has 0 saturated heterocycles. The average molecular weight is 338 g/mol. The normalized spacial score (nSPS) is 15.6. The van der Waals surface area contributed by atoms with Gasteiger partial charge in [-0.3, -0.25) is 4.79 Å². The van der Waals surface area contributed by atoms with Crippen LogP contribution in [0, 0.1) is 0 Å². The van der Waals surface area contributed by atoms with Crippen molar-refractivity contribution < 1.29 is 18.3 Å². The van der Waals surface area contributed by atoms with Crippen LogP contribution in [0.25, 0.3) is 0 Å². The molecule has 2 rings (SSSR count). The summed E-state index contributed by atoms with van der Waals surface area (Å²) in [5, 5.41) is 8.85. The topological polar surface area (TPSA) is 74.7 Å². The minimum absolute atomic E-state index is 0.0323. The molecular formula is C12H13Cl2NO4S. The Bertz CT molecular complexity index is 628. The molecule has 0 radical (unpaired) electrons.